The van der Waals surface area contributed by atoms with E-state index in [0.717, 1.165) is 0 Å². The van der Waals surface area contributed by atoms with Crippen LogP contribution in [-0.2, 0) is 10.2 Å². The van der Waals surface area contributed by atoms with E-state index < -0.39 is 20.6 Å². The maximum Gasteiger partial charge on any atom is 0.292 e. The normalized spacial score (nSPS) is 21.5. The molecule has 0 aromatic heterocycles. The number of halogens is 2. The average Bonchev–Trinajstić information content (AvgIpc) is 3.12. The van der Waals surface area contributed by atoms with Gasteiger partial charge in [-0.1, -0.05) is 42.5 Å². The fraction of sp³-hybridized carbons (Fsp3) is 0.188. The van der Waals surface area contributed by atoms with Crippen LogP contribution in [0.3, 0.4) is 0 Å². The number of nitro benzene ring substituents is 1. The molecule has 1 fully saturated rings. The lowest BCUT2D eigenvalue weighted by atomic mass is 9.94. The molecule has 1 atom stereocenters. The van der Waals surface area contributed by atoms with Crippen LogP contribution in [0, 0.1) is 10.1 Å². The molecule has 1 saturated carbocycles. The number of carbonyl (C=O) groups excluding carboxylic acids is 1. The van der Waals surface area contributed by atoms with Crippen LogP contribution < -0.4 is 5.32 Å². The second-order valence-corrected chi connectivity index (χ2v) is 6.86. The van der Waals surface area contributed by atoms with Crippen molar-refractivity contribution in [2.45, 2.75) is 16.2 Å². The number of nitro groups is 1. The summed E-state index contributed by atoms with van der Waals surface area (Å²) < 4.78 is -1.23. The number of carbonyl (C=O) groups is 1. The lowest BCUT2D eigenvalue weighted by Gasteiger charge is -2.18. The quantitative estimate of drug-likeness (QED) is 0.513. The van der Waals surface area contributed by atoms with E-state index in [0.29, 0.717) is 5.56 Å². The van der Waals surface area contributed by atoms with Crippen molar-refractivity contribution in [3.63, 3.8) is 0 Å². The van der Waals surface area contributed by atoms with Gasteiger partial charge in [0, 0.05) is 12.5 Å². The Morgan fingerprint density at radius 3 is 2.22 bits per heavy atom. The summed E-state index contributed by atoms with van der Waals surface area (Å²) in [6.45, 7) is 0. The molecule has 5 nitrogen and oxygen atoms in total. The third kappa shape index (κ3) is 2.56. The monoisotopic (exact) mass is 350 g/mol. The molecule has 1 N–H and O–H groups in total. The first-order chi connectivity index (χ1) is 10.9. The summed E-state index contributed by atoms with van der Waals surface area (Å²) in [6, 6.07) is 14.9. The van der Waals surface area contributed by atoms with E-state index in [1.54, 1.807) is 30.3 Å². The van der Waals surface area contributed by atoms with Gasteiger partial charge in [-0.15, -0.1) is 23.2 Å². The lowest BCUT2D eigenvalue weighted by Crippen LogP contribution is -2.32. The average molecular weight is 351 g/mol. The van der Waals surface area contributed by atoms with Gasteiger partial charge in [0.05, 0.1) is 4.92 Å². The van der Waals surface area contributed by atoms with Gasteiger partial charge in [-0.2, -0.15) is 0 Å². The molecule has 1 aliphatic carbocycles. The molecule has 0 radical (unpaired) electrons. The summed E-state index contributed by atoms with van der Waals surface area (Å²) in [7, 11) is 0. The Bertz CT molecular complexity index is 780. The van der Waals surface area contributed by atoms with Crippen LogP contribution in [0.2, 0.25) is 0 Å². The van der Waals surface area contributed by atoms with Gasteiger partial charge < -0.3 is 5.32 Å². The zero-order valence-corrected chi connectivity index (χ0v) is 13.3. The summed E-state index contributed by atoms with van der Waals surface area (Å²) in [6.07, 6.45) is 0.250. The minimum atomic E-state index is -1.23. The van der Waals surface area contributed by atoms with Crippen LogP contribution >= 0.6 is 23.2 Å². The molecule has 118 valence electrons. The molecule has 7 heteroatoms. The van der Waals surface area contributed by atoms with Crippen molar-refractivity contribution in [2.75, 3.05) is 5.32 Å². The van der Waals surface area contributed by atoms with Crippen molar-refractivity contribution in [2.24, 2.45) is 0 Å². The Hall–Kier alpha value is -2.11. The summed E-state index contributed by atoms with van der Waals surface area (Å²) >= 11 is 12.5. The van der Waals surface area contributed by atoms with Crippen molar-refractivity contribution in [1.82, 2.24) is 0 Å². The lowest BCUT2D eigenvalue weighted by molar-refractivity contribution is -0.383. The Morgan fingerprint density at radius 2 is 1.65 bits per heavy atom. The van der Waals surface area contributed by atoms with Crippen molar-refractivity contribution in [3.8, 4) is 0 Å². The minimum absolute atomic E-state index is 0.119. The topological polar surface area (TPSA) is 72.2 Å². The number of hydrogen-bond acceptors (Lipinski definition) is 3. The SMILES string of the molecule is O=C(Nc1ccccc1[N+](=O)[O-])[C@@]1(c2ccccc2)CC1(Cl)Cl. The maximum absolute atomic E-state index is 12.8. The molecule has 3 rings (SSSR count). The fourth-order valence-electron chi connectivity index (χ4n) is 2.67. The number of hydrogen-bond donors (Lipinski definition) is 1. The number of benzene rings is 2. The van der Waals surface area contributed by atoms with Crippen LogP contribution in [0.5, 0.6) is 0 Å². The first-order valence-electron chi connectivity index (χ1n) is 6.87. The van der Waals surface area contributed by atoms with Crippen LogP contribution in [0.15, 0.2) is 54.6 Å². The highest BCUT2D eigenvalue weighted by molar-refractivity contribution is 6.54. The molecule has 0 heterocycles. The second-order valence-electron chi connectivity index (χ2n) is 5.38. The second kappa shape index (κ2) is 5.51. The first-order valence-corrected chi connectivity index (χ1v) is 7.62. The molecule has 0 unspecified atom stereocenters. The van der Waals surface area contributed by atoms with Crippen molar-refractivity contribution in [1.29, 1.82) is 0 Å². The predicted molar refractivity (Wildman–Crippen MR) is 88.9 cm³/mol. The first kappa shape index (κ1) is 15.8. The fourth-order valence-corrected chi connectivity index (χ4v) is 3.46. The van der Waals surface area contributed by atoms with Crippen molar-refractivity contribution < 1.29 is 9.72 Å². The Balaban J connectivity index is 1.96. The molecule has 1 aliphatic rings. The zero-order chi connectivity index (χ0) is 16.7. The molecule has 1 amide bonds. The number of anilines is 1. The number of alkyl halides is 2. The van der Waals surface area contributed by atoms with Gasteiger partial charge in [0.15, 0.2) is 0 Å². The number of para-hydroxylation sites is 2. The van der Waals surface area contributed by atoms with E-state index in [1.807, 2.05) is 6.07 Å². The molecule has 2 aromatic carbocycles. The molecule has 0 spiro atoms. The van der Waals surface area contributed by atoms with E-state index in [1.165, 1.54) is 18.2 Å². The van der Waals surface area contributed by atoms with Crippen LogP contribution in [0.25, 0.3) is 0 Å². The number of nitrogens with zero attached hydrogens (tertiary/aromatic N) is 1. The van der Waals surface area contributed by atoms with Gasteiger partial charge >= 0.3 is 0 Å². The number of nitrogens with one attached hydrogen (secondary N) is 1. The standard InChI is InChI=1S/C16H12Cl2N2O3/c17-16(18)10-15(16,11-6-2-1-3-7-11)14(21)19-12-8-4-5-9-13(12)20(22)23/h1-9H,10H2,(H,19,21)/t15-/m0/s1. The Kier molecular flexibility index (Phi) is 3.78. The molecular formula is C16H12Cl2N2O3. The molecule has 23 heavy (non-hydrogen) atoms. The number of rotatable bonds is 4. The van der Waals surface area contributed by atoms with Crippen LogP contribution in [0.4, 0.5) is 11.4 Å². The molecule has 0 saturated heterocycles. The van der Waals surface area contributed by atoms with Gasteiger partial charge in [0.25, 0.3) is 5.69 Å². The van der Waals surface area contributed by atoms with E-state index in [2.05, 4.69) is 5.32 Å². The van der Waals surface area contributed by atoms with Crippen molar-refractivity contribution >= 4 is 40.5 Å². The molecule has 0 bridgehead atoms. The highest BCUT2D eigenvalue weighted by atomic mass is 35.5. The van der Waals surface area contributed by atoms with Crippen LogP contribution in [-0.4, -0.2) is 15.2 Å². The van der Waals surface area contributed by atoms with Crippen molar-refractivity contribution in [3.05, 3.63) is 70.3 Å². The molecule has 0 aliphatic heterocycles. The Morgan fingerprint density at radius 1 is 1.09 bits per heavy atom. The largest absolute Gasteiger partial charge is 0.319 e. The van der Waals surface area contributed by atoms with Gasteiger partial charge in [-0.25, -0.2) is 0 Å². The number of amides is 1. The van der Waals surface area contributed by atoms with Gasteiger partial charge in [0.1, 0.15) is 15.4 Å². The van der Waals surface area contributed by atoms with E-state index >= 15 is 0 Å². The molecular weight excluding hydrogens is 339 g/mol. The highest BCUT2D eigenvalue weighted by Gasteiger charge is 2.72. The zero-order valence-electron chi connectivity index (χ0n) is 11.8. The summed E-state index contributed by atoms with van der Waals surface area (Å²) in [5.74, 6) is -0.456. The van der Waals surface area contributed by atoms with Gasteiger partial charge in [-0.05, 0) is 11.6 Å². The Labute approximate surface area is 142 Å². The third-order valence-electron chi connectivity index (χ3n) is 3.99. The van der Waals surface area contributed by atoms with Crippen LogP contribution in [0.1, 0.15) is 12.0 Å². The predicted octanol–water partition coefficient (Wildman–Crippen LogP) is 4.05. The summed E-state index contributed by atoms with van der Waals surface area (Å²) in [5, 5.41) is 13.7. The summed E-state index contributed by atoms with van der Waals surface area (Å²) in [4.78, 5) is 23.3. The van der Waals surface area contributed by atoms with Gasteiger partial charge in [-0.3, -0.25) is 14.9 Å². The third-order valence-corrected chi connectivity index (χ3v) is 4.90. The molecule has 2 aromatic rings. The van der Waals surface area contributed by atoms with E-state index in [4.69, 9.17) is 23.2 Å². The highest BCUT2D eigenvalue weighted by Crippen LogP contribution is 2.65. The van der Waals surface area contributed by atoms with E-state index in [9.17, 15) is 14.9 Å². The maximum atomic E-state index is 12.8. The summed E-state index contributed by atoms with van der Waals surface area (Å²) in [5.41, 5.74) is -0.490. The van der Waals surface area contributed by atoms with Gasteiger partial charge in [0.2, 0.25) is 5.91 Å². The smallest absolute Gasteiger partial charge is 0.292 e. The minimum Gasteiger partial charge on any atom is -0.319 e. The van der Waals surface area contributed by atoms with E-state index in [-0.39, 0.29) is 17.8 Å².